The van der Waals surface area contributed by atoms with E-state index >= 15 is 0 Å². The minimum Gasteiger partial charge on any atom is -0.391 e. The van der Waals surface area contributed by atoms with Gasteiger partial charge in [0.05, 0.1) is 11.0 Å². The number of hydrogen-bond donors (Lipinski definition) is 1. The van der Waals surface area contributed by atoms with Crippen LogP contribution >= 0.6 is 0 Å². The van der Waals surface area contributed by atoms with Gasteiger partial charge in [-0.15, -0.1) is 6.58 Å². The molecule has 1 aliphatic heterocycles. The van der Waals surface area contributed by atoms with E-state index in [-0.39, 0.29) is 19.6 Å². The van der Waals surface area contributed by atoms with Gasteiger partial charge < -0.3 is 10.0 Å². The first-order chi connectivity index (χ1) is 14.8. The molecule has 0 aromatic heterocycles. The summed E-state index contributed by atoms with van der Waals surface area (Å²) >= 11 is 0. The van der Waals surface area contributed by atoms with Crippen LogP contribution in [0, 0.1) is 10.1 Å². The molecule has 1 amide bonds. The molecule has 1 aliphatic rings. The number of benzene rings is 2. The molecule has 1 saturated heterocycles. The summed E-state index contributed by atoms with van der Waals surface area (Å²) in [6.07, 6.45) is 1.04. The third-order valence-corrected chi connectivity index (χ3v) is 6.95. The number of sulfonamides is 1. The van der Waals surface area contributed by atoms with E-state index in [2.05, 4.69) is 6.58 Å². The second kappa shape index (κ2) is 9.38. The summed E-state index contributed by atoms with van der Waals surface area (Å²) in [5, 5.41) is 21.3. The molecule has 1 fully saturated rings. The zero-order valence-corrected chi connectivity index (χ0v) is 17.5. The van der Waals surface area contributed by atoms with Gasteiger partial charge >= 0.3 is 0 Å². The molecule has 0 radical (unpaired) electrons. The van der Waals surface area contributed by atoms with Crippen LogP contribution in [-0.2, 0) is 14.8 Å². The summed E-state index contributed by atoms with van der Waals surface area (Å²) in [4.78, 5) is 25.1. The van der Waals surface area contributed by atoms with Crippen molar-refractivity contribution in [3.8, 4) is 0 Å². The van der Waals surface area contributed by atoms with Gasteiger partial charge in [-0.3, -0.25) is 14.9 Å². The first-order valence-corrected chi connectivity index (χ1v) is 11.1. The van der Waals surface area contributed by atoms with E-state index < -0.39 is 43.6 Å². The van der Waals surface area contributed by atoms with Gasteiger partial charge in [-0.1, -0.05) is 48.5 Å². The van der Waals surface area contributed by atoms with Crippen molar-refractivity contribution in [2.75, 3.05) is 19.6 Å². The van der Waals surface area contributed by atoms with Gasteiger partial charge in [0.1, 0.15) is 6.04 Å². The Morgan fingerprint density at radius 1 is 1.26 bits per heavy atom. The van der Waals surface area contributed by atoms with Crippen LogP contribution in [0.4, 0.5) is 5.69 Å². The van der Waals surface area contributed by atoms with Crippen LogP contribution < -0.4 is 0 Å². The fraction of sp³-hybridized carbons (Fsp3) is 0.286. The number of β-amino-alcohol motifs (C(OH)–C–C–N with tert-alkyl or cyclic N) is 1. The largest absolute Gasteiger partial charge is 0.391 e. The monoisotopic (exact) mass is 445 g/mol. The molecule has 0 unspecified atom stereocenters. The number of para-hydroxylation sites is 1. The van der Waals surface area contributed by atoms with E-state index in [1.807, 2.05) is 0 Å². The molecule has 2 atom stereocenters. The molecule has 2 aromatic rings. The fourth-order valence-electron chi connectivity index (χ4n) is 3.60. The van der Waals surface area contributed by atoms with Gasteiger partial charge in [-0.05, 0) is 18.1 Å². The highest BCUT2D eigenvalue weighted by molar-refractivity contribution is 7.89. The van der Waals surface area contributed by atoms with Crippen LogP contribution in [0.3, 0.4) is 0 Å². The van der Waals surface area contributed by atoms with Crippen LogP contribution in [0.15, 0.2) is 72.1 Å². The maximum atomic E-state index is 13.6. The maximum Gasteiger partial charge on any atom is 0.289 e. The smallest absolute Gasteiger partial charge is 0.289 e. The van der Waals surface area contributed by atoms with Crippen molar-refractivity contribution in [1.29, 1.82) is 0 Å². The van der Waals surface area contributed by atoms with Crippen molar-refractivity contribution < 1.29 is 23.2 Å². The molecule has 3 rings (SSSR count). The number of amides is 1. The summed E-state index contributed by atoms with van der Waals surface area (Å²) in [6.45, 7) is 3.75. The number of nitro benzene ring substituents is 1. The van der Waals surface area contributed by atoms with E-state index in [1.165, 1.54) is 23.1 Å². The van der Waals surface area contributed by atoms with Crippen LogP contribution in [0.5, 0.6) is 0 Å². The normalized spacial score (nSPS) is 17.5. The molecule has 1 N–H and O–H groups in total. The Balaban J connectivity index is 2.15. The number of nitro groups is 1. The highest BCUT2D eigenvalue weighted by atomic mass is 32.2. The number of likely N-dealkylation sites (tertiary alicyclic amines) is 1. The van der Waals surface area contributed by atoms with Crippen LogP contribution in [0.25, 0.3) is 0 Å². The van der Waals surface area contributed by atoms with Crippen LogP contribution in [0.1, 0.15) is 18.0 Å². The Morgan fingerprint density at radius 2 is 1.90 bits per heavy atom. The second-order valence-electron chi connectivity index (χ2n) is 7.13. The topological polar surface area (TPSA) is 121 Å². The van der Waals surface area contributed by atoms with Crippen molar-refractivity contribution >= 4 is 21.6 Å². The molecule has 2 aromatic carbocycles. The summed E-state index contributed by atoms with van der Waals surface area (Å²) in [6, 6.07) is 12.1. The molecule has 0 bridgehead atoms. The molecular formula is C21H23N3O6S. The number of hydrogen-bond acceptors (Lipinski definition) is 6. The lowest BCUT2D eigenvalue weighted by molar-refractivity contribution is -0.387. The Labute approximate surface area is 180 Å². The van der Waals surface area contributed by atoms with Gasteiger partial charge in [-0.2, -0.15) is 4.31 Å². The standard InChI is InChI=1S/C21H23N3O6S/c1-2-13-23(31(29,30)19-11-7-6-10-18(19)24(27)28)20(16-8-4-3-5-9-16)21(26)22-14-12-17(25)15-22/h2-11,17,20,25H,1,12-15H2/t17-,20-/m0/s1. The van der Waals surface area contributed by atoms with Crippen LogP contribution in [0.2, 0.25) is 0 Å². The molecule has 31 heavy (non-hydrogen) atoms. The molecule has 9 nitrogen and oxygen atoms in total. The fourth-order valence-corrected chi connectivity index (χ4v) is 5.31. The Bertz CT molecular complexity index is 1070. The Kier molecular flexibility index (Phi) is 6.84. The van der Waals surface area contributed by atoms with Crippen molar-refractivity contribution in [1.82, 2.24) is 9.21 Å². The summed E-state index contributed by atoms with van der Waals surface area (Å²) in [5.74, 6) is -0.508. The van der Waals surface area contributed by atoms with Gasteiger partial charge in [-0.25, -0.2) is 8.42 Å². The van der Waals surface area contributed by atoms with Gasteiger partial charge in [0.2, 0.25) is 5.91 Å². The maximum absolute atomic E-state index is 13.6. The summed E-state index contributed by atoms with van der Waals surface area (Å²) in [5.41, 5.74) is -0.162. The minimum atomic E-state index is -4.46. The SMILES string of the molecule is C=CCN([C@H](C(=O)N1CC[C@H](O)C1)c1ccccc1)S(=O)(=O)c1ccccc1[N+](=O)[O-]. The van der Waals surface area contributed by atoms with Crippen molar-refractivity contribution in [3.63, 3.8) is 0 Å². The number of carbonyl (C=O) groups is 1. The van der Waals surface area contributed by atoms with E-state index in [0.29, 0.717) is 12.0 Å². The average Bonchev–Trinajstić information content (AvgIpc) is 3.20. The molecule has 0 saturated carbocycles. The minimum absolute atomic E-state index is 0.0929. The number of aliphatic hydroxyl groups excluding tert-OH is 1. The number of nitrogens with zero attached hydrogens (tertiary/aromatic N) is 3. The van der Waals surface area contributed by atoms with E-state index in [9.17, 15) is 28.4 Å². The molecule has 164 valence electrons. The van der Waals surface area contributed by atoms with Gasteiger partial charge in [0.15, 0.2) is 4.90 Å². The highest BCUT2D eigenvalue weighted by Gasteiger charge is 2.42. The summed E-state index contributed by atoms with van der Waals surface area (Å²) < 4.78 is 28.1. The number of rotatable bonds is 8. The van der Waals surface area contributed by atoms with Crippen molar-refractivity contribution in [2.24, 2.45) is 0 Å². The van der Waals surface area contributed by atoms with Crippen molar-refractivity contribution in [3.05, 3.63) is 82.9 Å². The van der Waals surface area contributed by atoms with Crippen molar-refractivity contribution in [2.45, 2.75) is 23.5 Å². The molecule has 10 heteroatoms. The number of carbonyl (C=O) groups excluding carboxylic acids is 1. The molecule has 1 heterocycles. The van der Waals surface area contributed by atoms with E-state index in [0.717, 1.165) is 16.4 Å². The third-order valence-electron chi connectivity index (χ3n) is 5.07. The molecule has 0 spiro atoms. The van der Waals surface area contributed by atoms with Crippen LogP contribution in [-0.4, -0.2) is 59.3 Å². The van der Waals surface area contributed by atoms with E-state index in [1.54, 1.807) is 30.3 Å². The predicted molar refractivity (Wildman–Crippen MR) is 114 cm³/mol. The highest BCUT2D eigenvalue weighted by Crippen LogP contribution is 2.34. The average molecular weight is 445 g/mol. The third kappa shape index (κ3) is 4.66. The number of aliphatic hydroxyl groups is 1. The zero-order chi connectivity index (χ0) is 22.6. The predicted octanol–water partition coefficient (Wildman–Crippen LogP) is 2.11. The first kappa shape index (κ1) is 22.6. The lowest BCUT2D eigenvalue weighted by Crippen LogP contribution is -2.45. The van der Waals surface area contributed by atoms with Gasteiger partial charge in [0.25, 0.3) is 15.7 Å². The lowest BCUT2D eigenvalue weighted by atomic mass is 10.1. The summed E-state index contributed by atoms with van der Waals surface area (Å²) in [7, 11) is -4.46. The van der Waals surface area contributed by atoms with Gasteiger partial charge in [0, 0.05) is 25.7 Å². The Hall–Kier alpha value is -3.08. The molecular weight excluding hydrogens is 422 g/mol. The second-order valence-corrected chi connectivity index (χ2v) is 8.99. The Morgan fingerprint density at radius 3 is 2.48 bits per heavy atom. The molecule has 0 aliphatic carbocycles. The van der Waals surface area contributed by atoms with E-state index in [4.69, 9.17) is 0 Å². The lowest BCUT2D eigenvalue weighted by Gasteiger charge is -2.32. The quantitative estimate of drug-likeness (QED) is 0.377. The zero-order valence-electron chi connectivity index (χ0n) is 16.7. The first-order valence-electron chi connectivity index (χ1n) is 9.65.